The standard InChI is InChI=1S/C16H23NO3/c1-12-3-2-6-16(8-12,10-18)17-9-13-4-5-14-15(7-13)20-11-19-14/h4-5,7,12,17-18H,2-3,6,8-11H2,1H3. The van der Waals surface area contributed by atoms with E-state index in [1.807, 2.05) is 12.1 Å². The van der Waals surface area contributed by atoms with E-state index in [0.29, 0.717) is 12.7 Å². The molecule has 3 rings (SSSR count). The second kappa shape index (κ2) is 5.62. The first-order chi connectivity index (χ1) is 9.71. The summed E-state index contributed by atoms with van der Waals surface area (Å²) in [6, 6.07) is 6.03. The van der Waals surface area contributed by atoms with Gasteiger partial charge in [-0.05, 0) is 36.5 Å². The Kier molecular flexibility index (Phi) is 3.85. The third-order valence-corrected chi connectivity index (χ3v) is 4.50. The molecule has 110 valence electrons. The number of benzene rings is 1. The molecule has 1 aromatic carbocycles. The van der Waals surface area contributed by atoms with Crippen LogP contribution in [0.3, 0.4) is 0 Å². The lowest BCUT2D eigenvalue weighted by atomic mass is 9.77. The molecule has 1 fully saturated rings. The van der Waals surface area contributed by atoms with E-state index in [4.69, 9.17) is 9.47 Å². The quantitative estimate of drug-likeness (QED) is 0.887. The molecular formula is C16H23NO3. The maximum Gasteiger partial charge on any atom is 0.231 e. The predicted molar refractivity (Wildman–Crippen MR) is 76.9 cm³/mol. The molecule has 1 aliphatic heterocycles. The van der Waals surface area contributed by atoms with Crippen molar-refractivity contribution in [3.8, 4) is 11.5 Å². The first-order valence-electron chi connectivity index (χ1n) is 7.45. The Morgan fingerprint density at radius 3 is 3.00 bits per heavy atom. The fourth-order valence-corrected chi connectivity index (χ4v) is 3.36. The maximum atomic E-state index is 9.79. The molecule has 0 radical (unpaired) electrons. The summed E-state index contributed by atoms with van der Waals surface area (Å²) in [5, 5.41) is 13.4. The normalized spacial score (nSPS) is 28.6. The Bertz CT molecular complexity index is 477. The van der Waals surface area contributed by atoms with Crippen LogP contribution in [-0.4, -0.2) is 24.0 Å². The van der Waals surface area contributed by atoms with Gasteiger partial charge in [0.25, 0.3) is 0 Å². The number of hydrogen-bond donors (Lipinski definition) is 2. The Balaban J connectivity index is 1.65. The van der Waals surface area contributed by atoms with E-state index < -0.39 is 0 Å². The van der Waals surface area contributed by atoms with E-state index in [1.54, 1.807) is 0 Å². The lowest BCUT2D eigenvalue weighted by Gasteiger charge is -2.39. The molecule has 0 saturated heterocycles. The number of aliphatic hydroxyl groups excluding tert-OH is 1. The summed E-state index contributed by atoms with van der Waals surface area (Å²) < 4.78 is 10.7. The Hall–Kier alpha value is -1.26. The molecule has 2 unspecified atom stereocenters. The molecule has 2 atom stereocenters. The number of hydrogen-bond acceptors (Lipinski definition) is 4. The highest BCUT2D eigenvalue weighted by molar-refractivity contribution is 5.44. The molecule has 20 heavy (non-hydrogen) atoms. The number of rotatable bonds is 4. The van der Waals surface area contributed by atoms with Gasteiger partial charge in [0.15, 0.2) is 11.5 Å². The zero-order valence-corrected chi connectivity index (χ0v) is 12.0. The van der Waals surface area contributed by atoms with Crippen molar-refractivity contribution < 1.29 is 14.6 Å². The maximum absolute atomic E-state index is 9.79. The van der Waals surface area contributed by atoms with Crippen LogP contribution in [0.2, 0.25) is 0 Å². The van der Waals surface area contributed by atoms with Crippen molar-refractivity contribution in [2.75, 3.05) is 13.4 Å². The van der Waals surface area contributed by atoms with Crippen molar-refractivity contribution in [2.24, 2.45) is 5.92 Å². The van der Waals surface area contributed by atoms with Crippen molar-refractivity contribution >= 4 is 0 Å². The summed E-state index contributed by atoms with van der Waals surface area (Å²) in [5.74, 6) is 2.32. The van der Waals surface area contributed by atoms with Crippen molar-refractivity contribution in [2.45, 2.75) is 44.7 Å². The van der Waals surface area contributed by atoms with Gasteiger partial charge in [-0.2, -0.15) is 0 Å². The van der Waals surface area contributed by atoms with Gasteiger partial charge < -0.3 is 19.9 Å². The van der Waals surface area contributed by atoms with Gasteiger partial charge in [-0.25, -0.2) is 0 Å². The summed E-state index contributed by atoms with van der Waals surface area (Å²) in [6.07, 6.45) is 4.57. The second-order valence-corrected chi connectivity index (χ2v) is 6.18. The van der Waals surface area contributed by atoms with Crippen molar-refractivity contribution in [3.63, 3.8) is 0 Å². The highest BCUT2D eigenvalue weighted by atomic mass is 16.7. The summed E-state index contributed by atoms with van der Waals surface area (Å²) >= 11 is 0. The Morgan fingerprint density at radius 1 is 1.35 bits per heavy atom. The van der Waals surface area contributed by atoms with Gasteiger partial charge in [-0.15, -0.1) is 0 Å². The third-order valence-electron chi connectivity index (χ3n) is 4.50. The fraction of sp³-hybridized carbons (Fsp3) is 0.625. The monoisotopic (exact) mass is 277 g/mol. The zero-order valence-electron chi connectivity index (χ0n) is 12.0. The van der Waals surface area contributed by atoms with Crippen molar-refractivity contribution in [1.29, 1.82) is 0 Å². The molecule has 4 nitrogen and oxygen atoms in total. The molecule has 1 aromatic rings. The van der Waals surface area contributed by atoms with Crippen LogP contribution in [-0.2, 0) is 6.54 Å². The van der Waals surface area contributed by atoms with Gasteiger partial charge in [0.2, 0.25) is 6.79 Å². The topological polar surface area (TPSA) is 50.7 Å². The van der Waals surface area contributed by atoms with E-state index in [9.17, 15) is 5.11 Å². The van der Waals surface area contributed by atoms with Gasteiger partial charge in [-0.3, -0.25) is 0 Å². The van der Waals surface area contributed by atoms with Crippen LogP contribution in [0.1, 0.15) is 38.2 Å². The summed E-state index contributed by atoms with van der Waals surface area (Å²) in [7, 11) is 0. The van der Waals surface area contributed by atoms with Gasteiger partial charge in [0.05, 0.1) is 6.61 Å². The highest BCUT2D eigenvalue weighted by Gasteiger charge is 2.33. The van der Waals surface area contributed by atoms with Crippen LogP contribution in [0.25, 0.3) is 0 Å². The molecule has 1 heterocycles. The van der Waals surface area contributed by atoms with Crippen LogP contribution >= 0.6 is 0 Å². The number of ether oxygens (including phenoxy) is 2. The molecule has 2 aliphatic rings. The molecule has 0 aromatic heterocycles. The van der Waals surface area contributed by atoms with Gasteiger partial charge >= 0.3 is 0 Å². The average molecular weight is 277 g/mol. The molecule has 2 N–H and O–H groups in total. The second-order valence-electron chi connectivity index (χ2n) is 6.18. The van der Waals surface area contributed by atoms with Crippen LogP contribution in [0.15, 0.2) is 18.2 Å². The van der Waals surface area contributed by atoms with E-state index in [1.165, 1.54) is 18.4 Å². The van der Waals surface area contributed by atoms with Crippen molar-refractivity contribution in [1.82, 2.24) is 5.32 Å². The summed E-state index contributed by atoms with van der Waals surface area (Å²) in [6.45, 7) is 3.54. The Labute approximate surface area is 120 Å². The number of fused-ring (bicyclic) bond motifs is 1. The number of aliphatic hydroxyl groups is 1. The molecule has 0 bridgehead atoms. The van der Waals surface area contributed by atoms with Crippen LogP contribution < -0.4 is 14.8 Å². The first-order valence-corrected chi connectivity index (χ1v) is 7.45. The summed E-state index contributed by atoms with van der Waals surface area (Å²) in [4.78, 5) is 0. The van der Waals surface area contributed by atoms with Crippen LogP contribution in [0.4, 0.5) is 0 Å². The molecule has 0 amide bonds. The highest BCUT2D eigenvalue weighted by Crippen LogP contribution is 2.34. The molecular weight excluding hydrogens is 254 g/mol. The first kappa shape index (κ1) is 13.7. The smallest absolute Gasteiger partial charge is 0.231 e. The van der Waals surface area contributed by atoms with Crippen molar-refractivity contribution in [3.05, 3.63) is 23.8 Å². The molecule has 1 saturated carbocycles. The fourth-order valence-electron chi connectivity index (χ4n) is 3.36. The Morgan fingerprint density at radius 2 is 2.20 bits per heavy atom. The largest absolute Gasteiger partial charge is 0.454 e. The van der Waals surface area contributed by atoms with Gasteiger partial charge in [0, 0.05) is 12.1 Å². The van der Waals surface area contributed by atoms with E-state index in [2.05, 4.69) is 18.3 Å². The van der Waals surface area contributed by atoms with Gasteiger partial charge in [0.1, 0.15) is 0 Å². The lowest BCUT2D eigenvalue weighted by molar-refractivity contribution is 0.0982. The molecule has 1 aliphatic carbocycles. The van der Waals surface area contributed by atoms with Gasteiger partial charge in [-0.1, -0.05) is 25.8 Å². The molecule has 0 spiro atoms. The van der Waals surface area contributed by atoms with Crippen LogP contribution in [0.5, 0.6) is 11.5 Å². The SMILES string of the molecule is CC1CCCC(CO)(NCc2ccc3c(c2)OCO3)C1. The molecule has 4 heteroatoms. The third kappa shape index (κ3) is 2.76. The van der Waals surface area contributed by atoms with E-state index in [0.717, 1.165) is 30.9 Å². The predicted octanol–water partition coefficient (Wildman–Crippen LogP) is 2.45. The summed E-state index contributed by atoms with van der Waals surface area (Å²) in [5.41, 5.74) is 1.05. The zero-order chi connectivity index (χ0) is 14.0. The minimum Gasteiger partial charge on any atom is -0.454 e. The average Bonchev–Trinajstić information content (AvgIpc) is 2.93. The van der Waals surface area contributed by atoms with Crippen LogP contribution in [0, 0.1) is 5.92 Å². The van der Waals surface area contributed by atoms with E-state index in [-0.39, 0.29) is 12.1 Å². The lowest BCUT2D eigenvalue weighted by Crippen LogP contribution is -2.51. The minimum atomic E-state index is -0.117. The van der Waals surface area contributed by atoms with E-state index >= 15 is 0 Å². The number of nitrogens with one attached hydrogen (secondary N) is 1. The minimum absolute atomic E-state index is 0.117.